The molecule has 0 aromatic heterocycles. The van der Waals surface area contributed by atoms with Crippen molar-refractivity contribution in [1.29, 1.82) is 0 Å². The van der Waals surface area contributed by atoms with Crippen molar-refractivity contribution in [2.24, 2.45) is 0 Å². The number of rotatable bonds is 11. The van der Waals surface area contributed by atoms with E-state index >= 15 is 0 Å². The van der Waals surface area contributed by atoms with Crippen LogP contribution in [0.3, 0.4) is 0 Å². The van der Waals surface area contributed by atoms with Crippen molar-refractivity contribution < 1.29 is 18.0 Å². The maximum absolute atomic E-state index is 14.2. The molecule has 1 N–H and O–H groups in total. The molecule has 7 nitrogen and oxygen atoms in total. The first kappa shape index (κ1) is 30.9. The zero-order valence-corrected chi connectivity index (χ0v) is 25.3. The van der Waals surface area contributed by atoms with Gasteiger partial charge in [0, 0.05) is 12.6 Å². The van der Waals surface area contributed by atoms with Crippen LogP contribution < -0.4 is 9.62 Å². The van der Waals surface area contributed by atoms with Crippen molar-refractivity contribution in [1.82, 2.24) is 10.2 Å². The molecule has 1 aliphatic carbocycles. The van der Waals surface area contributed by atoms with E-state index in [0.29, 0.717) is 6.42 Å². The fraction of sp³-hybridized carbons (Fsp3) is 0.355. The summed E-state index contributed by atoms with van der Waals surface area (Å²) in [5.41, 5.74) is 0.902. The summed E-state index contributed by atoms with van der Waals surface area (Å²) in [6.07, 6.45) is 5.44. The van der Waals surface area contributed by atoms with Crippen LogP contribution in [0, 0.1) is 0 Å². The first-order valence-corrected chi connectivity index (χ1v) is 16.1. The molecule has 218 valence electrons. The van der Waals surface area contributed by atoms with E-state index in [4.69, 9.17) is 23.2 Å². The fourth-order valence-corrected chi connectivity index (χ4v) is 7.06. The Kier molecular flexibility index (Phi) is 10.7. The Balaban J connectivity index is 1.71. The molecule has 41 heavy (non-hydrogen) atoms. The van der Waals surface area contributed by atoms with Crippen LogP contribution >= 0.6 is 23.2 Å². The van der Waals surface area contributed by atoms with Gasteiger partial charge in [0.2, 0.25) is 11.8 Å². The highest BCUT2D eigenvalue weighted by Gasteiger charge is 2.35. The summed E-state index contributed by atoms with van der Waals surface area (Å²) in [6.45, 7) is 1.42. The van der Waals surface area contributed by atoms with Crippen LogP contribution in [-0.4, -0.2) is 43.8 Å². The molecule has 0 radical (unpaired) electrons. The predicted molar refractivity (Wildman–Crippen MR) is 164 cm³/mol. The van der Waals surface area contributed by atoms with E-state index < -0.39 is 28.5 Å². The number of benzene rings is 3. The normalized spacial score (nSPS) is 14.7. The number of nitrogens with one attached hydrogen (secondary N) is 1. The van der Waals surface area contributed by atoms with Gasteiger partial charge in [0.05, 0.1) is 20.6 Å². The van der Waals surface area contributed by atoms with Gasteiger partial charge in [-0.3, -0.25) is 13.9 Å². The fourth-order valence-electron chi connectivity index (χ4n) is 5.16. The number of sulfonamides is 1. The molecule has 4 rings (SSSR count). The van der Waals surface area contributed by atoms with E-state index in [1.54, 1.807) is 30.3 Å². The smallest absolute Gasteiger partial charge is 0.264 e. The summed E-state index contributed by atoms with van der Waals surface area (Å²) in [6, 6.07) is 21.1. The Hall–Kier alpha value is -3.07. The maximum atomic E-state index is 14.2. The van der Waals surface area contributed by atoms with Crippen LogP contribution in [-0.2, 0) is 26.2 Å². The highest BCUT2D eigenvalue weighted by molar-refractivity contribution is 7.92. The molecule has 0 spiro atoms. The third-order valence-corrected chi connectivity index (χ3v) is 9.93. The lowest BCUT2D eigenvalue weighted by Gasteiger charge is -2.34. The van der Waals surface area contributed by atoms with Crippen LogP contribution in [0.5, 0.6) is 0 Å². The third-order valence-electron chi connectivity index (χ3n) is 7.34. The molecule has 0 bridgehead atoms. The van der Waals surface area contributed by atoms with E-state index in [1.165, 1.54) is 23.1 Å². The lowest BCUT2D eigenvalue weighted by atomic mass is 9.95. The van der Waals surface area contributed by atoms with Crippen LogP contribution in [0.4, 0.5) is 5.69 Å². The van der Waals surface area contributed by atoms with Crippen LogP contribution in [0.25, 0.3) is 0 Å². The van der Waals surface area contributed by atoms with Crippen molar-refractivity contribution in [3.8, 4) is 0 Å². The quantitative estimate of drug-likeness (QED) is 0.269. The van der Waals surface area contributed by atoms with Crippen molar-refractivity contribution in [3.63, 3.8) is 0 Å². The monoisotopic (exact) mass is 615 g/mol. The summed E-state index contributed by atoms with van der Waals surface area (Å²) < 4.78 is 28.8. The Bertz CT molecular complexity index is 1430. The predicted octanol–water partition coefficient (Wildman–Crippen LogP) is 6.45. The molecular formula is C31H35Cl2N3O4S. The van der Waals surface area contributed by atoms with Gasteiger partial charge in [-0.05, 0) is 49.1 Å². The van der Waals surface area contributed by atoms with Gasteiger partial charge in [-0.1, -0.05) is 104 Å². The third kappa shape index (κ3) is 7.61. The lowest BCUT2D eigenvalue weighted by molar-refractivity contribution is -0.140. The average Bonchev–Trinajstić information content (AvgIpc) is 2.98. The Morgan fingerprint density at radius 1 is 0.902 bits per heavy atom. The first-order valence-electron chi connectivity index (χ1n) is 13.9. The molecule has 0 heterocycles. The van der Waals surface area contributed by atoms with E-state index in [-0.39, 0.29) is 39.1 Å². The van der Waals surface area contributed by atoms with Crippen LogP contribution in [0.1, 0.15) is 51.0 Å². The highest BCUT2D eigenvalue weighted by atomic mass is 35.5. The largest absolute Gasteiger partial charge is 0.352 e. The van der Waals surface area contributed by atoms with Crippen molar-refractivity contribution >= 4 is 50.7 Å². The van der Waals surface area contributed by atoms with Gasteiger partial charge < -0.3 is 10.2 Å². The summed E-state index contributed by atoms with van der Waals surface area (Å²) >= 11 is 12.8. The standard InChI is InChI=1S/C31H35Cl2N3O4S/c1-2-27(31(38)34-24-15-8-4-9-16-24)35(21-23-13-6-3-7-14-23)29(37)22-36(28-20-12-19-26(32)30(28)33)41(39,40)25-17-10-5-11-18-25/h3,5-7,10-14,17-20,24,27H,2,4,8-9,15-16,21-22H2,1H3,(H,34,38)/t27-/m0/s1. The maximum Gasteiger partial charge on any atom is 0.264 e. The molecular weight excluding hydrogens is 581 g/mol. The number of carbonyl (C=O) groups excluding carboxylic acids is 2. The Morgan fingerprint density at radius 2 is 1.54 bits per heavy atom. The SMILES string of the molecule is CC[C@@H](C(=O)NC1CCCCC1)N(Cc1ccccc1)C(=O)CN(c1cccc(Cl)c1Cl)S(=O)(=O)c1ccccc1. The number of nitrogens with zero attached hydrogens (tertiary/aromatic N) is 2. The second-order valence-electron chi connectivity index (χ2n) is 10.2. The van der Waals surface area contributed by atoms with Crippen molar-refractivity contribution in [2.75, 3.05) is 10.8 Å². The van der Waals surface area contributed by atoms with Gasteiger partial charge in [0.15, 0.2) is 0 Å². The van der Waals surface area contributed by atoms with Gasteiger partial charge in [0.1, 0.15) is 12.6 Å². The number of hydrogen-bond donors (Lipinski definition) is 1. The molecule has 0 saturated heterocycles. The van der Waals surface area contributed by atoms with E-state index in [1.807, 2.05) is 37.3 Å². The Labute approximate surface area is 252 Å². The minimum Gasteiger partial charge on any atom is -0.352 e. The Morgan fingerprint density at radius 3 is 2.17 bits per heavy atom. The molecule has 0 aliphatic heterocycles. The molecule has 1 aliphatic rings. The lowest BCUT2D eigenvalue weighted by Crippen LogP contribution is -2.54. The van der Waals surface area contributed by atoms with Gasteiger partial charge in [-0.15, -0.1) is 0 Å². The molecule has 2 amide bonds. The molecule has 1 fully saturated rings. The molecule has 10 heteroatoms. The van der Waals surface area contributed by atoms with Crippen LogP contribution in [0.15, 0.2) is 83.8 Å². The van der Waals surface area contributed by atoms with Crippen molar-refractivity contribution in [2.45, 2.75) is 69.0 Å². The van der Waals surface area contributed by atoms with Gasteiger partial charge >= 0.3 is 0 Å². The van der Waals surface area contributed by atoms with E-state index in [2.05, 4.69) is 5.32 Å². The van der Waals surface area contributed by atoms with Gasteiger partial charge in [-0.2, -0.15) is 0 Å². The summed E-state index contributed by atoms with van der Waals surface area (Å²) in [5.74, 6) is -0.767. The number of anilines is 1. The van der Waals surface area contributed by atoms with Crippen LogP contribution in [0.2, 0.25) is 10.0 Å². The molecule has 3 aromatic carbocycles. The van der Waals surface area contributed by atoms with Crippen molar-refractivity contribution in [3.05, 3.63) is 94.5 Å². The number of halogens is 2. The second kappa shape index (κ2) is 14.2. The number of hydrogen-bond acceptors (Lipinski definition) is 4. The molecule has 1 saturated carbocycles. The van der Waals surface area contributed by atoms with E-state index in [9.17, 15) is 18.0 Å². The minimum absolute atomic E-state index is 0.000495. The summed E-state index contributed by atoms with van der Waals surface area (Å²) in [7, 11) is -4.23. The second-order valence-corrected chi connectivity index (χ2v) is 12.8. The van der Waals surface area contributed by atoms with E-state index in [0.717, 1.165) is 42.0 Å². The van der Waals surface area contributed by atoms with Gasteiger partial charge in [-0.25, -0.2) is 8.42 Å². The van der Waals surface area contributed by atoms with Gasteiger partial charge in [0.25, 0.3) is 10.0 Å². The highest BCUT2D eigenvalue weighted by Crippen LogP contribution is 2.35. The molecule has 1 atom stereocenters. The first-order chi connectivity index (χ1) is 19.7. The zero-order valence-electron chi connectivity index (χ0n) is 23.0. The average molecular weight is 617 g/mol. The zero-order chi connectivity index (χ0) is 29.4. The number of amides is 2. The summed E-state index contributed by atoms with van der Waals surface area (Å²) in [5, 5.41) is 3.31. The molecule has 0 unspecified atom stereocenters. The molecule has 3 aromatic rings. The number of carbonyl (C=O) groups is 2. The summed E-state index contributed by atoms with van der Waals surface area (Å²) in [4.78, 5) is 29.2. The topological polar surface area (TPSA) is 86.8 Å². The minimum atomic E-state index is -4.23.